The van der Waals surface area contributed by atoms with E-state index >= 15 is 0 Å². The molecule has 0 bridgehead atoms. The van der Waals surface area contributed by atoms with Gasteiger partial charge in [0.15, 0.2) is 5.69 Å². The summed E-state index contributed by atoms with van der Waals surface area (Å²) in [6.07, 6.45) is 0. The maximum Gasteiger partial charge on any atom is 0.359 e. The summed E-state index contributed by atoms with van der Waals surface area (Å²) in [5.41, 5.74) is 1.29. The van der Waals surface area contributed by atoms with Crippen LogP contribution in [-0.4, -0.2) is 16.2 Å². The van der Waals surface area contributed by atoms with E-state index in [1.165, 1.54) is 6.07 Å². The Balaban J connectivity index is 1.79. The molecule has 0 aliphatic carbocycles. The average Bonchev–Trinajstić information content (AvgIpc) is 2.90. The van der Waals surface area contributed by atoms with Crippen molar-refractivity contribution in [3.8, 4) is 0 Å². The van der Waals surface area contributed by atoms with E-state index in [1.807, 2.05) is 18.2 Å². The summed E-state index contributed by atoms with van der Waals surface area (Å²) in [7, 11) is 0. The molecule has 4 nitrogen and oxygen atoms in total. The van der Waals surface area contributed by atoms with Crippen molar-refractivity contribution in [2.45, 2.75) is 6.61 Å². The number of carbonyl (C=O) groups excluding carboxylic acids is 1. The van der Waals surface area contributed by atoms with E-state index in [4.69, 9.17) is 4.74 Å². The fourth-order valence-corrected chi connectivity index (χ4v) is 1.95. The van der Waals surface area contributed by atoms with Gasteiger partial charge in [-0.05, 0) is 12.1 Å². The number of halogens is 1. The molecule has 1 aromatic heterocycles. The molecule has 0 aliphatic rings. The van der Waals surface area contributed by atoms with Crippen molar-refractivity contribution >= 4 is 16.9 Å². The topological polar surface area (TPSA) is 55.0 Å². The van der Waals surface area contributed by atoms with Crippen LogP contribution < -0.4 is 0 Å². The second kappa shape index (κ2) is 5.13. The van der Waals surface area contributed by atoms with Gasteiger partial charge in [-0.1, -0.05) is 36.4 Å². The molecular formula is C15H11FN2O2. The van der Waals surface area contributed by atoms with Gasteiger partial charge in [0, 0.05) is 10.9 Å². The van der Waals surface area contributed by atoms with E-state index in [0.29, 0.717) is 10.9 Å². The third-order valence-electron chi connectivity index (χ3n) is 2.98. The normalized spacial score (nSPS) is 10.7. The molecule has 0 atom stereocenters. The monoisotopic (exact) mass is 270 g/mol. The first-order valence-corrected chi connectivity index (χ1v) is 6.09. The smallest absolute Gasteiger partial charge is 0.359 e. The average molecular weight is 270 g/mol. The number of H-pyrrole nitrogens is 1. The van der Waals surface area contributed by atoms with Crippen molar-refractivity contribution in [2.24, 2.45) is 0 Å². The Morgan fingerprint density at radius 2 is 1.90 bits per heavy atom. The van der Waals surface area contributed by atoms with Gasteiger partial charge >= 0.3 is 5.97 Å². The number of nitrogens with zero attached hydrogens (tertiary/aromatic N) is 1. The van der Waals surface area contributed by atoms with Crippen LogP contribution in [0.3, 0.4) is 0 Å². The first kappa shape index (κ1) is 12.3. The lowest BCUT2D eigenvalue weighted by Gasteiger charge is -2.04. The fraction of sp³-hybridized carbons (Fsp3) is 0.0667. The van der Waals surface area contributed by atoms with Gasteiger partial charge in [-0.15, -0.1) is 0 Å². The summed E-state index contributed by atoms with van der Waals surface area (Å²) in [5.74, 6) is -0.974. The van der Waals surface area contributed by atoms with Gasteiger partial charge in [-0.2, -0.15) is 5.10 Å². The van der Waals surface area contributed by atoms with Crippen LogP contribution in [0.15, 0.2) is 48.5 Å². The fourth-order valence-electron chi connectivity index (χ4n) is 1.95. The number of hydrogen-bond acceptors (Lipinski definition) is 3. The summed E-state index contributed by atoms with van der Waals surface area (Å²) in [6, 6.07) is 13.4. The Labute approximate surface area is 114 Å². The highest BCUT2D eigenvalue weighted by atomic mass is 19.1. The van der Waals surface area contributed by atoms with Crippen molar-refractivity contribution in [2.75, 3.05) is 0 Å². The molecular weight excluding hydrogens is 259 g/mol. The highest BCUT2D eigenvalue weighted by Gasteiger charge is 2.15. The molecule has 0 fully saturated rings. The van der Waals surface area contributed by atoms with Gasteiger partial charge in [-0.25, -0.2) is 9.18 Å². The Kier molecular flexibility index (Phi) is 3.16. The molecule has 0 saturated carbocycles. The summed E-state index contributed by atoms with van der Waals surface area (Å²) in [5, 5.41) is 7.38. The molecule has 100 valence electrons. The molecule has 5 heteroatoms. The van der Waals surface area contributed by atoms with Crippen LogP contribution in [0.2, 0.25) is 0 Å². The molecule has 2 aromatic carbocycles. The molecule has 3 rings (SSSR count). The SMILES string of the molecule is O=C(OCc1ccccc1F)c1n[nH]c2ccccc12. The quantitative estimate of drug-likeness (QED) is 0.744. The first-order valence-electron chi connectivity index (χ1n) is 6.09. The van der Waals surface area contributed by atoms with Gasteiger partial charge in [0.1, 0.15) is 12.4 Å². The lowest BCUT2D eigenvalue weighted by Crippen LogP contribution is -2.07. The number of para-hydroxylation sites is 1. The van der Waals surface area contributed by atoms with E-state index in [9.17, 15) is 9.18 Å². The lowest BCUT2D eigenvalue weighted by atomic mass is 10.2. The predicted octanol–water partition coefficient (Wildman–Crippen LogP) is 3.06. The van der Waals surface area contributed by atoms with Gasteiger partial charge in [0.2, 0.25) is 0 Å². The van der Waals surface area contributed by atoms with E-state index < -0.39 is 11.8 Å². The zero-order chi connectivity index (χ0) is 13.9. The van der Waals surface area contributed by atoms with Gasteiger partial charge in [0.25, 0.3) is 0 Å². The number of carbonyl (C=O) groups is 1. The van der Waals surface area contributed by atoms with Crippen molar-refractivity contribution in [1.82, 2.24) is 10.2 Å². The predicted molar refractivity (Wildman–Crippen MR) is 71.6 cm³/mol. The Hall–Kier alpha value is -2.69. The number of rotatable bonds is 3. The number of esters is 1. The maximum atomic E-state index is 13.4. The molecule has 20 heavy (non-hydrogen) atoms. The number of aromatic nitrogens is 2. The van der Waals surface area contributed by atoms with Crippen molar-refractivity contribution < 1.29 is 13.9 Å². The van der Waals surface area contributed by atoms with Crippen LogP contribution in [0, 0.1) is 5.82 Å². The second-order valence-electron chi connectivity index (χ2n) is 4.29. The third kappa shape index (κ3) is 2.25. The number of aromatic amines is 1. The minimum Gasteiger partial charge on any atom is -0.456 e. The molecule has 3 aromatic rings. The summed E-state index contributed by atoms with van der Waals surface area (Å²) in [6.45, 7) is -0.118. The van der Waals surface area contributed by atoms with Crippen molar-refractivity contribution in [3.63, 3.8) is 0 Å². The molecule has 0 amide bonds. The molecule has 0 aliphatic heterocycles. The Bertz CT molecular complexity index is 767. The minimum absolute atomic E-state index is 0.118. The van der Waals surface area contributed by atoms with Gasteiger partial charge in [0.05, 0.1) is 5.52 Å². The molecule has 1 heterocycles. The largest absolute Gasteiger partial charge is 0.456 e. The van der Waals surface area contributed by atoms with Crippen LogP contribution in [0.25, 0.3) is 10.9 Å². The Morgan fingerprint density at radius 3 is 2.75 bits per heavy atom. The summed E-state index contributed by atoms with van der Waals surface area (Å²) in [4.78, 5) is 12.0. The molecule has 0 unspecified atom stereocenters. The number of hydrogen-bond donors (Lipinski definition) is 1. The van der Waals surface area contributed by atoms with E-state index in [1.54, 1.807) is 24.3 Å². The zero-order valence-electron chi connectivity index (χ0n) is 10.5. The maximum absolute atomic E-state index is 13.4. The highest BCUT2D eigenvalue weighted by molar-refractivity contribution is 6.01. The molecule has 1 N–H and O–H groups in total. The van der Waals surface area contributed by atoms with Crippen LogP contribution in [0.5, 0.6) is 0 Å². The standard InChI is InChI=1S/C15H11FN2O2/c16-12-7-3-1-5-10(12)9-20-15(19)14-11-6-2-4-8-13(11)17-18-14/h1-8H,9H2,(H,17,18). The molecule has 0 spiro atoms. The van der Waals surface area contributed by atoms with Crippen LogP contribution in [0.1, 0.15) is 16.1 Å². The lowest BCUT2D eigenvalue weighted by molar-refractivity contribution is 0.0464. The zero-order valence-corrected chi connectivity index (χ0v) is 10.5. The highest BCUT2D eigenvalue weighted by Crippen LogP contribution is 2.17. The van der Waals surface area contributed by atoms with Crippen LogP contribution in [-0.2, 0) is 11.3 Å². The number of nitrogens with one attached hydrogen (secondary N) is 1. The third-order valence-corrected chi connectivity index (χ3v) is 2.98. The first-order chi connectivity index (χ1) is 9.75. The Morgan fingerprint density at radius 1 is 1.15 bits per heavy atom. The minimum atomic E-state index is -0.578. The van der Waals surface area contributed by atoms with E-state index in [-0.39, 0.29) is 12.3 Å². The number of fused-ring (bicyclic) bond motifs is 1. The van der Waals surface area contributed by atoms with Crippen LogP contribution in [0.4, 0.5) is 4.39 Å². The second-order valence-corrected chi connectivity index (χ2v) is 4.29. The van der Waals surface area contributed by atoms with Crippen LogP contribution >= 0.6 is 0 Å². The van der Waals surface area contributed by atoms with Crippen molar-refractivity contribution in [3.05, 3.63) is 65.6 Å². The van der Waals surface area contributed by atoms with Crippen molar-refractivity contribution in [1.29, 1.82) is 0 Å². The molecule has 0 radical (unpaired) electrons. The number of benzene rings is 2. The molecule has 0 saturated heterocycles. The summed E-state index contributed by atoms with van der Waals surface area (Å²) < 4.78 is 18.5. The summed E-state index contributed by atoms with van der Waals surface area (Å²) >= 11 is 0. The van der Waals surface area contributed by atoms with E-state index in [2.05, 4.69) is 10.2 Å². The van der Waals surface area contributed by atoms with Gasteiger partial charge < -0.3 is 4.74 Å². The van der Waals surface area contributed by atoms with Gasteiger partial charge in [-0.3, -0.25) is 5.10 Å². The number of ether oxygens (including phenoxy) is 1. The van der Waals surface area contributed by atoms with E-state index in [0.717, 1.165) is 5.52 Å².